The predicted octanol–water partition coefficient (Wildman–Crippen LogP) is 3.02. The topological polar surface area (TPSA) is 68.8 Å². The summed E-state index contributed by atoms with van der Waals surface area (Å²) in [5.41, 5.74) is 10.3. The van der Waals surface area contributed by atoms with E-state index in [1.54, 1.807) is 26.4 Å². The van der Waals surface area contributed by atoms with E-state index in [-0.39, 0.29) is 5.97 Å². The number of hydrogen-bond acceptors (Lipinski definition) is 6. The van der Waals surface area contributed by atoms with E-state index < -0.39 is 6.04 Å². The molecule has 1 atom stereocenters. The summed E-state index contributed by atoms with van der Waals surface area (Å²) < 4.78 is 15.4. The quantitative estimate of drug-likeness (QED) is 0.558. The number of esters is 1. The van der Waals surface area contributed by atoms with Gasteiger partial charge in [-0.1, -0.05) is 18.2 Å². The van der Waals surface area contributed by atoms with Crippen molar-refractivity contribution in [3.63, 3.8) is 0 Å². The number of ether oxygens (including phenoxy) is 3. The smallest absolute Gasteiger partial charge is 0.325 e. The highest BCUT2D eigenvalue weighted by molar-refractivity contribution is 5.76. The van der Waals surface area contributed by atoms with Crippen LogP contribution >= 0.6 is 0 Å². The van der Waals surface area contributed by atoms with Crippen LogP contribution in [0.5, 0.6) is 11.5 Å². The first-order valence-electron chi connectivity index (χ1n) is 8.36. The maximum absolute atomic E-state index is 12.1. The van der Waals surface area contributed by atoms with Crippen molar-refractivity contribution in [2.75, 3.05) is 26.8 Å². The fourth-order valence-corrected chi connectivity index (χ4v) is 2.59. The molecule has 0 aromatic heterocycles. The number of methoxy groups -OCH3 is 3. The molecule has 1 unspecified atom stereocenters. The van der Waals surface area contributed by atoms with Gasteiger partial charge in [0.1, 0.15) is 6.04 Å². The molecule has 6 heteroatoms. The van der Waals surface area contributed by atoms with Gasteiger partial charge in [-0.05, 0) is 42.7 Å². The molecule has 0 radical (unpaired) electrons. The number of rotatable bonds is 8. The number of nitrogens with one attached hydrogen (secondary N) is 2. The first-order valence-corrected chi connectivity index (χ1v) is 8.36. The molecule has 2 N–H and O–H groups in total. The van der Waals surface area contributed by atoms with E-state index in [9.17, 15) is 4.79 Å². The standard InChI is InChI=1S/C20H26N2O4/c1-13-6-7-15(10-14(13)2)11-17(20(23)26-5)22-21-16-8-9-18(24-3)19(12-16)25-4/h6-10,12,17,21-22H,11H2,1-5H3. The molecular formula is C20H26N2O4. The first-order chi connectivity index (χ1) is 12.5. The Labute approximate surface area is 154 Å². The molecule has 2 aromatic rings. The molecule has 0 aliphatic heterocycles. The van der Waals surface area contributed by atoms with Crippen molar-refractivity contribution in [1.82, 2.24) is 5.43 Å². The number of hydrazine groups is 1. The second-order valence-electron chi connectivity index (χ2n) is 6.04. The van der Waals surface area contributed by atoms with E-state index in [1.807, 2.05) is 12.1 Å². The van der Waals surface area contributed by atoms with E-state index in [2.05, 4.69) is 36.8 Å². The molecule has 6 nitrogen and oxygen atoms in total. The molecule has 0 fully saturated rings. The Morgan fingerprint density at radius 2 is 1.69 bits per heavy atom. The Balaban J connectivity index is 2.10. The third kappa shape index (κ3) is 4.89. The second kappa shape index (κ2) is 9.10. The van der Waals surface area contributed by atoms with Crippen LogP contribution in [0.1, 0.15) is 16.7 Å². The molecule has 0 aliphatic rings. The number of carbonyl (C=O) groups excluding carboxylic acids is 1. The van der Waals surface area contributed by atoms with Crippen molar-refractivity contribution in [3.8, 4) is 11.5 Å². The fourth-order valence-electron chi connectivity index (χ4n) is 2.59. The van der Waals surface area contributed by atoms with Gasteiger partial charge in [-0.25, -0.2) is 5.43 Å². The minimum atomic E-state index is -0.532. The number of benzene rings is 2. The van der Waals surface area contributed by atoms with E-state index in [4.69, 9.17) is 14.2 Å². The summed E-state index contributed by atoms with van der Waals surface area (Å²) in [7, 11) is 4.54. The molecule has 26 heavy (non-hydrogen) atoms. The largest absolute Gasteiger partial charge is 0.493 e. The summed E-state index contributed by atoms with van der Waals surface area (Å²) in [6, 6.07) is 11.0. The van der Waals surface area contributed by atoms with Gasteiger partial charge in [-0.3, -0.25) is 4.79 Å². The monoisotopic (exact) mass is 358 g/mol. The van der Waals surface area contributed by atoms with Gasteiger partial charge in [0.05, 0.1) is 27.0 Å². The summed E-state index contributed by atoms with van der Waals surface area (Å²) in [6.45, 7) is 4.12. The Morgan fingerprint density at radius 1 is 0.962 bits per heavy atom. The lowest BCUT2D eigenvalue weighted by Crippen LogP contribution is -2.42. The zero-order valence-electron chi connectivity index (χ0n) is 15.9. The minimum Gasteiger partial charge on any atom is -0.493 e. The second-order valence-corrected chi connectivity index (χ2v) is 6.04. The van der Waals surface area contributed by atoms with Gasteiger partial charge >= 0.3 is 5.97 Å². The van der Waals surface area contributed by atoms with Crippen LogP contribution in [0.2, 0.25) is 0 Å². The zero-order valence-corrected chi connectivity index (χ0v) is 15.9. The van der Waals surface area contributed by atoms with Crippen molar-refractivity contribution < 1.29 is 19.0 Å². The van der Waals surface area contributed by atoms with E-state index in [0.29, 0.717) is 17.9 Å². The van der Waals surface area contributed by atoms with Crippen molar-refractivity contribution in [3.05, 3.63) is 53.1 Å². The molecule has 140 valence electrons. The molecule has 0 amide bonds. The fraction of sp³-hybridized carbons (Fsp3) is 0.350. The first kappa shape index (κ1) is 19.6. The third-order valence-corrected chi connectivity index (χ3v) is 4.27. The molecule has 0 aliphatic carbocycles. The highest BCUT2D eigenvalue weighted by Crippen LogP contribution is 2.29. The Morgan fingerprint density at radius 3 is 2.31 bits per heavy atom. The highest BCUT2D eigenvalue weighted by atomic mass is 16.5. The number of hydrogen-bond donors (Lipinski definition) is 2. The average molecular weight is 358 g/mol. The van der Waals surface area contributed by atoms with Gasteiger partial charge in [0.2, 0.25) is 0 Å². The Bertz CT molecular complexity index is 761. The average Bonchev–Trinajstić information content (AvgIpc) is 2.66. The third-order valence-electron chi connectivity index (χ3n) is 4.27. The molecule has 0 bridgehead atoms. The van der Waals surface area contributed by atoms with Gasteiger partial charge in [0.15, 0.2) is 11.5 Å². The molecular weight excluding hydrogens is 332 g/mol. The van der Waals surface area contributed by atoms with E-state index >= 15 is 0 Å². The number of aryl methyl sites for hydroxylation is 2. The van der Waals surface area contributed by atoms with Gasteiger partial charge in [0, 0.05) is 12.5 Å². The van der Waals surface area contributed by atoms with Gasteiger partial charge < -0.3 is 19.6 Å². The van der Waals surface area contributed by atoms with Crippen LogP contribution in [0.3, 0.4) is 0 Å². The van der Waals surface area contributed by atoms with Gasteiger partial charge in [0.25, 0.3) is 0 Å². The maximum atomic E-state index is 12.1. The lowest BCUT2D eigenvalue weighted by atomic mass is 10.0. The Kier molecular flexibility index (Phi) is 6.86. The van der Waals surface area contributed by atoms with Crippen LogP contribution in [0.25, 0.3) is 0 Å². The van der Waals surface area contributed by atoms with Crippen molar-refractivity contribution >= 4 is 11.7 Å². The summed E-state index contributed by atoms with van der Waals surface area (Å²) in [5.74, 6) is 0.900. The molecule has 0 saturated carbocycles. The highest BCUT2D eigenvalue weighted by Gasteiger charge is 2.20. The summed E-state index contributed by atoms with van der Waals surface area (Å²) in [6.07, 6.45) is 0.508. The zero-order chi connectivity index (χ0) is 19.1. The van der Waals surface area contributed by atoms with Crippen LogP contribution < -0.4 is 20.3 Å². The lowest BCUT2D eigenvalue weighted by Gasteiger charge is -2.19. The molecule has 0 spiro atoms. The van der Waals surface area contributed by atoms with Gasteiger partial charge in [-0.15, -0.1) is 0 Å². The van der Waals surface area contributed by atoms with Crippen LogP contribution in [0.15, 0.2) is 36.4 Å². The molecule has 0 saturated heterocycles. The van der Waals surface area contributed by atoms with Crippen molar-refractivity contribution in [1.29, 1.82) is 0 Å². The van der Waals surface area contributed by atoms with Crippen LogP contribution in [-0.4, -0.2) is 33.3 Å². The van der Waals surface area contributed by atoms with E-state index in [0.717, 1.165) is 11.3 Å². The predicted molar refractivity (Wildman–Crippen MR) is 102 cm³/mol. The SMILES string of the molecule is COC(=O)C(Cc1ccc(C)c(C)c1)NNc1ccc(OC)c(OC)c1. The number of carbonyl (C=O) groups is 1. The number of anilines is 1. The lowest BCUT2D eigenvalue weighted by molar-refractivity contribution is -0.142. The maximum Gasteiger partial charge on any atom is 0.325 e. The molecule has 0 heterocycles. The van der Waals surface area contributed by atoms with Crippen LogP contribution in [-0.2, 0) is 16.0 Å². The van der Waals surface area contributed by atoms with Crippen LogP contribution in [0.4, 0.5) is 5.69 Å². The van der Waals surface area contributed by atoms with Gasteiger partial charge in [-0.2, -0.15) is 0 Å². The summed E-state index contributed by atoms with van der Waals surface area (Å²) in [5, 5.41) is 0. The normalized spacial score (nSPS) is 11.6. The minimum absolute atomic E-state index is 0.337. The summed E-state index contributed by atoms with van der Waals surface area (Å²) in [4.78, 5) is 12.1. The van der Waals surface area contributed by atoms with Crippen molar-refractivity contribution in [2.45, 2.75) is 26.3 Å². The van der Waals surface area contributed by atoms with E-state index in [1.165, 1.54) is 18.2 Å². The van der Waals surface area contributed by atoms with Crippen molar-refractivity contribution in [2.24, 2.45) is 0 Å². The molecule has 2 rings (SSSR count). The van der Waals surface area contributed by atoms with Crippen LogP contribution in [0, 0.1) is 13.8 Å². The summed E-state index contributed by atoms with van der Waals surface area (Å²) >= 11 is 0. The molecule has 2 aromatic carbocycles. The Hall–Kier alpha value is -2.73.